The second-order valence-corrected chi connectivity index (χ2v) is 3.22. The lowest BCUT2D eigenvalue weighted by Crippen LogP contribution is -2.53. The topological polar surface area (TPSA) is 64.4 Å². The van der Waals surface area contributed by atoms with E-state index in [0.29, 0.717) is 6.54 Å². The third-order valence-electron chi connectivity index (χ3n) is 2.11. The summed E-state index contributed by atoms with van der Waals surface area (Å²) >= 11 is 0. The number of carbonyl (C=O) groups excluding carboxylic acids is 2. The lowest BCUT2D eigenvalue weighted by molar-refractivity contribution is -0.149. The van der Waals surface area contributed by atoms with Gasteiger partial charge in [-0.25, -0.2) is 0 Å². The summed E-state index contributed by atoms with van der Waals surface area (Å²) in [6.07, 6.45) is 0.845. The highest BCUT2D eigenvalue weighted by atomic mass is 16.2. The van der Waals surface area contributed by atoms with Crippen LogP contribution in [0.3, 0.4) is 0 Å². The van der Waals surface area contributed by atoms with Crippen LogP contribution in [0.15, 0.2) is 0 Å². The van der Waals surface area contributed by atoms with Crippen molar-refractivity contribution in [1.29, 1.82) is 5.26 Å². The van der Waals surface area contributed by atoms with Crippen molar-refractivity contribution >= 4 is 11.8 Å². The van der Waals surface area contributed by atoms with Gasteiger partial charge in [0, 0.05) is 6.54 Å². The molecule has 0 unspecified atom stereocenters. The van der Waals surface area contributed by atoms with Gasteiger partial charge in [0.15, 0.2) is 0 Å². The molecule has 0 spiro atoms. The molecule has 1 rings (SSSR count). The van der Waals surface area contributed by atoms with Gasteiger partial charge in [-0.05, 0) is 6.42 Å². The Balaban J connectivity index is 2.58. The minimum absolute atomic E-state index is 0.00450. The standard InChI is InChI=1S/C9H13N3O2/c1-2-4-11-6-9(14)12(5-3-10)7-8(11)13/h2,4-7H2,1H3. The van der Waals surface area contributed by atoms with Gasteiger partial charge in [-0.3, -0.25) is 9.59 Å². The van der Waals surface area contributed by atoms with Gasteiger partial charge < -0.3 is 9.80 Å². The average molecular weight is 195 g/mol. The van der Waals surface area contributed by atoms with Crippen molar-refractivity contribution in [2.75, 3.05) is 26.2 Å². The Kier molecular flexibility index (Phi) is 3.46. The Labute approximate surface area is 82.9 Å². The van der Waals surface area contributed by atoms with E-state index in [1.54, 1.807) is 0 Å². The normalized spacial score (nSPS) is 17.1. The van der Waals surface area contributed by atoms with Gasteiger partial charge >= 0.3 is 0 Å². The molecular formula is C9H13N3O2. The number of piperazine rings is 1. The van der Waals surface area contributed by atoms with Crippen LogP contribution in [0, 0.1) is 11.3 Å². The lowest BCUT2D eigenvalue weighted by atomic mass is 10.2. The third kappa shape index (κ3) is 2.22. The minimum Gasteiger partial charge on any atom is -0.332 e. The van der Waals surface area contributed by atoms with Crippen LogP contribution in [-0.2, 0) is 9.59 Å². The lowest BCUT2D eigenvalue weighted by Gasteiger charge is -2.32. The van der Waals surface area contributed by atoms with E-state index in [2.05, 4.69) is 0 Å². The Morgan fingerprint density at radius 2 is 1.86 bits per heavy atom. The van der Waals surface area contributed by atoms with E-state index in [4.69, 9.17) is 5.26 Å². The van der Waals surface area contributed by atoms with E-state index >= 15 is 0 Å². The highest BCUT2D eigenvalue weighted by Gasteiger charge is 2.28. The molecule has 0 bridgehead atoms. The Bertz CT molecular complexity index is 282. The fraction of sp³-hybridized carbons (Fsp3) is 0.667. The number of nitrogens with zero attached hydrogens (tertiary/aromatic N) is 3. The predicted molar refractivity (Wildman–Crippen MR) is 49.1 cm³/mol. The van der Waals surface area contributed by atoms with Gasteiger partial charge in [0.2, 0.25) is 11.8 Å². The van der Waals surface area contributed by atoms with E-state index in [-0.39, 0.29) is 31.4 Å². The molecular weight excluding hydrogens is 182 g/mol. The van der Waals surface area contributed by atoms with Gasteiger partial charge in [-0.15, -0.1) is 0 Å². The Hall–Kier alpha value is -1.57. The number of nitriles is 1. The molecule has 76 valence electrons. The number of hydrogen-bond donors (Lipinski definition) is 0. The summed E-state index contributed by atoms with van der Waals surface area (Å²) in [7, 11) is 0. The second kappa shape index (κ2) is 4.61. The molecule has 0 aliphatic carbocycles. The molecule has 14 heavy (non-hydrogen) atoms. The van der Waals surface area contributed by atoms with Gasteiger partial charge in [0.25, 0.3) is 0 Å². The quantitative estimate of drug-likeness (QED) is 0.575. The Morgan fingerprint density at radius 1 is 1.29 bits per heavy atom. The molecule has 1 heterocycles. The van der Waals surface area contributed by atoms with E-state index in [1.165, 1.54) is 9.80 Å². The van der Waals surface area contributed by atoms with Crippen molar-refractivity contribution in [1.82, 2.24) is 9.80 Å². The molecule has 0 aromatic carbocycles. The number of carbonyl (C=O) groups is 2. The summed E-state index contributed by atoms with van der Waals surface area (Å²) in [5.41, 5.74) is 0. The SMILES string of the molecule is CCCN1CC(=O)N(CC#N)CC1=O. The van der Waals surface area contributed by atoms with Gasteiger partial charge in [-0.2, -0.15) is 5.26 Å². The van der Waals surface area contributed by atoms with Crippen LogP contribution in [0.4, 0.5) is 0 Å². The molecule has 1 aliphatic heterocycles. The zero-order valence-electron chi connectivity index (χ0n) is 8.19. The molecule has 5 heteroatoms. The fourth-order valence-corrected chi connectivity index (χ4v) is 1.41. The molecule has 1 fully saturated rings. The highest BCUT2D eigenvalue weighted by Crippen LogP contribution is 2.04. The molecule has 0 aromatic heterocycles. The first-order valence-corrected chi connectivity index (χ1v) is 4.61. The van der Waals surface area contributed by atoms with Crippen LogP contribution in [0.5, 0.6) is 0 Å². The van der Waals surface area contributed by atoms with E-state index in [0.717, 1.165) is 6.42 Å². The third-order valence-corrected chi connectivity index (χ3v) is 2.11. The van der Waals surface area contributed by atoms with E-state index < -0.39 is 0 Å². The first kappa shape index (κ1) is 10.5. The van der Waals surface area contributed by atoms with Crippen LogP contribution in [0.1, 0.15) is 13.3 Å². The fourth-order valence-electron chi connectivity index (χ4n) is 1.41. The average Bonchev–Trinajstić information content (AvgIpc) is 2.14. The summed E-state index contributed by atoms with van der Waals surface area (Å²) < 4.78 is 0. The van der Waals surface area contributed by atoms with Crippen LogP contribution in [0.25, 0.3) is 0 Å². The Morgan fingerprint density at radius 3 is 2.43 bits per heavy atom. The molecule has 0 atom stereocenters. The second-order valence-electron chi connectivity index (χ2n) is 3.22. The maximum atomic E-state index is 11.4. The van der Waals surface area contributed by atoms with Gasteiger partial charge in [-0.1, -0.05) is 6.92 Å². The van der Waals surface area contributed by atoms with Crippen molar-refractivity contribution in [3.8, 4) is 6.07 Å². The van der Waals surface area contributed by atoms with E-state index in [9.17, 15) is 9.59 Å². The first-order valence-electron chi connectivity index (χ1n) is 4.61. The smallest absolute Gasteiger partial charge is 0.243 e. The predicted octanol–water partition coefficient (Wildman–Crippen LogP) is -0.409. The summed E-state index contributed by atoms with van der Waals surface area (Å²) in [4.78, 5) is 25.7. The molecule has 0 aromatic rings. The molecule has 0 N–H and O–H groups in total. The summed E-state index contributed by atoms with van der Waals surface area (Å²) in [6.45, 7) is 2.75. The van der Waals surface area contributed by atoms with Gasteiger partial charge in [0.05, 0.1) is 12.6 Å². The van der Waals surface area contributed by atoms with Crippen molar-refractivity contribution in [3.63, 3.8) is 0 Å². The molecule has 5 nitrogen and oxygen atoms in total. The molecule has 1 aliphatic rings. The zero-order valence-corrected chi connectivity index (χ0v) is 8.19. The van der Waals surface area contributed by atoms with Crippen molar-refractivity contribution < 1.29 is 9.59 Å². The molecule has 1 saturated heterocycles. The maximum absolute atomic E-state index is 11.4. The number of rotatable bonds is 3. The minimum atomic E-state index is -0.139. The molecule has 2 amide bonds. The molecule has 0 saturated carbocycles. The first-order chi connectivity index (χ1) is 6.69. The monoisotopic (exact) mass is 195 g/mol. The van der Waals surface area contributed by atoms with Crippen molar-refractivity contribution in [2.24, 2.45) is 0 Å². The van der Waals surface area contributed by atoms with Crippen LogP contribution >= 0.6 is 0 Å². The van der Waals surface area contributed by atoms with Crippen LogP contribution in [0.2, 0.25) is 0 Å². The number of amides is 2. The van der Waals surface area contributed by atoms with Crippen LogP contribution in [-0.4, -0.2) is 47.8 Å². The van der Waals surface area contributed by atoms with E-state index in [1.807, 2.05) is 13.0 Å². The van der Waals surface area contributed by atoms with Crippen LogP contribution < -0.4 is 0 Å². The highest BCUT2D eigenvalue weighted by molar-refractivity contribution is 5.92. The maximum Gasteiger partial charge on any atom is 0.243 e. The summed E-state index contributed by atoms with van der Waals surface area (Å²) in [5.74, 6) is -0.207. The molecule has 0 radical (unpaired) electrons. The van der Waals surface area contributed by atoms with Crippen molar-refractivity contribution in [2.45, 2.75) is 13.3 Å². The summed E-state index contributed by atoms with van der Waals surface area (Å²) in [5, 5.41) is 8.42. The number of hydrogen-bond acceptors (Lipinski definition) is 3. The summed E-state index contributed by atoms with van der Waals surface area (Å²) in [6, 6.07) is 1.87. The van der Waals surface area contributed by atoms with Crippen molar-refractivity contribution in [3.05, 3.63) is 0 Å². The van der Waals surface area contributed by atoms with Gasteiger partial charge in [0.1, 0.15) is 13.1 Å². The zero-order chi connectivity index (χ0) is 10.6. The largest absolute Gasteiger partial charge is 0.332 e.